The van der Waals surface area contributed by atoms with Gasteiger partial charge in [0, 0.05) is 12.8 Å². The molecule has 7 heteroatoms. The minimum atomic E-state index is -4.49. The highest BCUT2D eigenvalue weighted by atomic mass is 35.5. The molecule has 2 aromatic rings. The third-order valence-electron chi connectivity index (χ3n) is 3.10. The summed E-state index contributed by atoms with van der Waals surface area (Å²) in [5.74, 6) is 0.150. The predicted molar refractivity (Wildman–Crippen MR) is 78.8 cm³/mol. The van der Waals surface area contributed by atoms with Crippen LogP contribution in [0.4, 0.5) is 19.0 Å². The molecule has 2 rings (SSSR count). The summed E-state index contributed by atoms with van der Waals surface area (Å²) in [5, 5.41) is 12.0. The van der Waals surface area contributed by atoms with Crippen LogP contribution < -0.4 is 5.32 Å². The van der Waals surface area contributed by atoms with Crippen LogP contribution in [0.5, 0.6) is 0 Å². The number of benzene rings is 1. The standard InChI is InChI=1S/C15H14ClF3N2O/c16-12-8-11(15(17,18)19)9-20-14(12)21-13(6-7-22)10-4-2-1-3-5-10/h1-5,8-9,13,22H,6-7H2,(H,20,21)/t13-/m1/s1. The average molecular weight is 331 g/mol. The van der Waals surface area contributed by atoms with Crippen LogP contribution in [-0.2, 0) is 6.18 Å². The molecule has 1 aromatic carbocycles. The summed E-state index contributed by atoms with van der Waals surface area (Å²) in [7, 11) is 0. The van der Waals surface area contributed by atoms with Crippen LogP contribution in [0.15, 0.2) is 42.6 Å². The smallest absolute Gasteiger partial charge is 0.396 e. The van der Waals surface area contributed by atoms with Gasteiger partial charge in [0.25, 0.3) is 0 Å². The Bertz CT molecular complexity index is 620. The van der Waals surface area contributed by atoms with Crippen LogP contribution >= 0.6 is 11.6 Å². The summed E-state index contributed by atoms with van der Waals surface area (Å²) in [6, 6.07) is 9.76. The zero-order chi connectivity index (χ0) is 16.2. The molecule has 1 aromatic heterocycles. The minimum absolute atomic E-state index is 0.0786. The van der Waals surface area contributed by atoms with Gasteiger partial charge in [-0.2, -0.15) is 13.2 Å². The Morgan fingerprint density at radius 1 is 1.23 bits per heavy atom. The van der Waals surface area contributed by atoms with E-state index in [1.165, 1.54) is 0 Å². The van der Waals surface area contributed by atoms with E-state index in [4.69, 9.17) is 16.7 Å². The van der Waals surface area contributed by atoms with Crippen LogP contribution in [-0.4, -0.2) is 16.7 Å². The van der Waals surface area contributed by atoms with Crippen molar-refractivity contribution in [2.75, 3.05) is 11.9 Å². The van der Waals surface area contributed by atoms with Crippen molar-refractivity contribution in [1.29, 1.82) is 0 Å². The number of aromatic nitrogens is 1. The molecule has 0 aliphatic rings. The van der Waals surface area contributed by atoms with Crippen LogP contribution in [0.1, 0.15) is 23.6 Å². The first-order valence-electron chi connectivity index (χ1n) is 6.57. The molecule has 0 aliphatic heterocycles. The van der Waals surface area contributed by atoms with Gasteiger partial charge in [0.15, 0.2) is 0 Å². The van der Waals surface area contributed by atoms with Crippen LogP contribution in [0.2, 0.25) is 5.02 Å². The van der Waals surface area contributed by atoms with Gasteiger partial charge in [-0.05, 0) is 18.1 Å². The Hall–Kier alpha value is -1.79. The number of nitrogens with one attached hydrogen (secondary N) is 1. The van der Waals surface area contributed by atoms with Crippen LogP contribution in [0.3, 0.4) is 0 Å². The van der Waals surface area contributed by atoms with Crippen molar-refractivity contribution in [3.8, 4) is 0 Å². The summed E-state index contributed by atoms with van der Waals surface area (Å²) < 4.78 is 37.8. The van der Waals surface area contributed by atoms with E-state index in [2.05, 4.69) is 10.3 Å². The third-order valence-corrected chi connectivity index (χ3v) is 3.39. The molecule has 0 saturated heterocycles. The normalized spacial score (nSPS) is 13.0. The molecule has 22 heavy (non-hydrogen) atoms. The van der Waals surface area contributed by atoms with Gasteiger partial charge < -0.3 is 10.4 Å². The molecule has 0 amide bonds. The SMILES string of the molecule is OCC[C@@H](Nc1ncc(C(F)(F)F)cc1Cl)c1ccccc1. The predicted octanol–water partition coefficient (Wildman–Crippen LogP) is 4.29. The van der Waals surface area contributed by atoms with E-state index in [0.29, 0.717) is 6.42 Å². The van der Waals surface area contributed by atoms with Crippen molar-refractivity contribution in [1.82, 2.24) is 4.98 Å². The number of hydrogen-bond acceptors (Lipinski definition) is 3. The lowest BCUT2D eigenvalue weighted by Gasteiger charge is -2.20. The first-order chi connectivity index (χ1) is 10.4. The quantitative estimate of drug-likeness (QED) is 0.859. The second-order valence-corrected chi connectivity index (χ2v) is 5.08. The molecule has 1 atom stereocenters. The number of anilines is 1. The Balaban J connectivity index is 2.24. The fraction of sp³-hybridized carbons (Fsp3) is 0.267. The zero-order valence-corrected chi connectivity index (χ0v) is 12.2. The zero-order valence-electron chi connectivity index (χ0n) is 11.4. The summed E-state index contributed by atoms with van der Waals surface area (Å²) in [6.45, 7) is -0.0786. The van der Waals surface area contributed by atoms with Gasteiger partial charge in [-0.15, -0.1) is 0 Å². The topological polar surface area (TPSA) is 45.1 Å². The van der Waals surface area contributed by atoms with Gasteiger partial charge in [-0.3, -0.25) is 0 Å². The maximum absolute atomic E-state index is 12.6. The lowest BCUT2D eigenvalue weighted by atomic mass is 10.0. The molecule has 0 aliphatic carbocycles. The van der Waals surface area contributed by atoms with E-state index in [-0.39, 0.29) is 23.5 Å². The number of aliphatic hydroxyl groups excluding tert-OH is 1. The number of pyridine rings is 1. The average Bonchev–Trinajstić information content (AvgIpc) is 2.48. The summed E-state index contributed by atoms with van der Waals surface area (Å²) in [4.78, 5) is 3.75. The molecule has 0 spiro atoms. The van der Waals surface area contributed by atoms with Crippen molar-refractivity contribution in [3.63, 3.8) is 0 Å². The maximum Gasteiger partial charge on any atom is 0.417 e. The summed E-state index contributed by atoms with van der Waals surface area (Å²) in [5.41, 5.74) is -0.0178. The van der Waals surface area contributed by atoms with Gasteiger partial charge in [0.1, 0.15) is 5.82 Å². The molecule has 2 N–H and O–H groups in total. The number of aliphatic hydroxyl groups is 1. The molecule has 0 saturated carbocycles. The summed E-state index contributed by atoms with van der Waals surface area (Å²) >= 11 is 5.88. The molecule has 118 valence electrons. The van der Waals surface area contributed by atoms with Crippen LogP contribution in [0.25, 0.3) is 0 Å². The number of hydrogen-bond donors (Lipinski definition) is 2. The minimum Gasteiger partial charge on any atom is -0.396 e. The Morgan fingerprint density at radius 2 is 1.91 bits per heavy atom. The van der Waals surface area contributed by atoms with E-state index in [1.807, 2.05) is 30.3 Å². The van der Waals surface area contributed by atoms with Crippen LogP contribution in [0, 0.1) is 0 Å². The number of alkyl halides is 3. The maximum atomic E-state index is 12.6. The monoisotopic (exact) mass is 330 g/mol. The van der Waals surface area contributed by atoms with Crippen molar-refractivity contribution >= 4 is 17.4 Å². The van der Waals surface area contributed by atoms with Crippen molar-refractivity contribution in [3.05, 3.63) is 58.7 Å². The molecule has 3 nitrogen and oxygen atoms in total. The van der Waals surface area contributed by atoms with Crippen molar-refractivity contribution in [2.45, 2.75) is 18.6 Å². The van der Waals surface area contributed by atoms with Gasteiger partial charge in [-0.25, -0.2) is 4.98 Å². The van der Waals surface area contributed by atoms with Crippen molar-refractivity contribution in [2.24, 2.45) is 0 Å². The summed E-state index contributed by atoms with van der Waals surface area (Å²) in [6.07, 6.45) is -3.38. The number of rotatable bonds is 5. The Morgan fingerprint density at radius 3 is 2.45 bits per heavy atom. The second-order valence-electron chi connectivity index (χ2n) is 4.67. The fourth-order valence-electron chi connectivity index (χ4n) is 2.00. The number of nitrogens with zero attached hydrogens (tertiary/aromatic N) is 1. The third kappa shape index (κ3) is 4.11. The fourth-order valence-corrected chi connectivity index (χ4v) is 2.22. The van der Waals surface area contributed by atoms with Gasteiger partial charge in [0.05, 0.1) is 16.6 Å². The highest BCUT2D eigenvalue weighted by molar-refractivity contribution is 6.33. The highest BCUT2D eigenvalue weighted by Gasteiger charge is 2.31. The van der Waals surface area contributed by atoms with Gasteiger partial charge in [-0.1, -0.05) is 41.9 Å². The Labute approximate surface area is 130 Å². The molecular weight excluding hydrogens is 317 g/mol. The first-order valence-corrected chi connectivity index (χ1v) is 6.94. The Kier molecular flexibility index (Phi) is 5.26. The molecule has 0 bridgehead atoms. The van der Waals surface area contributed by atoms with E-state index in [0.717, 1.165) is 17.8 Å². The molecular formula is C15H14ClF3N2O. The van der Waals surface area contributed by atoms with E-state index < -0.39 is 11.7 Å². The second kappa shape index (κ2) is 6.98. The lowest BCUT2D eigenvalue weighted by Crippen LogP contribution is -2.14. The molecule has 0 unspecified atom stereocenters. The highest BCUT2D eigenvalue weighted by Crippen LogP contribution is 2.33. The van der Waals surface area contributed by atoms with E-state index >= 15 is 0 Å². The van der Waals surface area contributed by atoms with E-state index in [1.54, 1.807) is 0 Å². The van der Waals surface area contributed by atoms with Gasteiger partial charge >= 0.3 is 6.18 Å². The lowest BCUT2D eigenvalue weighted by molar-refractivity contribution is -0.137. The van der Waals surface area contributed by atoms with E-state index in [9.17, 15) is 13.2 Å². The number of halogens is 4. The first kappa shape index (κ1) is 16.6. The largest absolute Gasteiger partial charge is 0.417 e. The molecule has 0 fully saturated rings. The molecule has 0 radical (unpaired) electrons. The van der Waals surface area contributed by atoms with Gasteiger partial charge in [0.2, 0.25) is 0 Å². The molecule has 1 heterocycles. The van der Waals surface area contributed by atoms with Crippen molar-refractivity contribution < 1.29 is 18.3 Å².